The molecule has 0 aliphatic heterocycles. The van der Waals surface area contributed by atoms with Crippen molar-refractivity contribution in [2.75, 3.05) is 5.73 Å². The third kappa shape index (κ3) is 3.25. The Bertz CT molecular complexity index is 602. The van der Waals surface area contributed by atoms with Crippen LogP contribution in [0.4, 0.5) is 9.52 Å². The molecule has 0 atom stereocenters. The lowest BCUT2D eigenvalue weighted by atomic mass is 9.90. The molecule has 1 aromatic carbocycles. The molecule has 0 bridgehead atoms. The van der Waals surface area contributed by atoms with E-state index in [0.717, 1.165) is 16.1 Å². The van der Waals surface area contributed by atoms with Gasteiger partial charge in [0.25, 0.3) is 0 Å². The molecule has 0 spiro atoms. The quantitative estimate of drug-likeness (QED) is 0.892. The Kier molecular flexibility index (Phi) is 3.83. The number of hydrogen-bond donors (Lipinski definition) is 1. The molecule has 2 N–H and O–H groups in total. The van der Waals surface area contributed by atoms with E-state index in [1.54, 1.807) is 6.07 Å². The second-order valence-electron chi connectivity index (χ2n) is 5.49. The molecule has 0 saturated heterocycles. The summed E-state index contributed by atoms with van der Waals surface area (Å²) in [5.74, 6) is -0.325. The number of hydrogen-bond acceptors (Lipinski definition) is 3. The van der Waals surface area contributed by atoms with Crippen LogP contribution in [0.3, 0.4) is 0 Å². The summed E-state index contributed by atoms with van der Waals surface area (Å²) in [6.45, 7) is 6.28. The minimum atomic E-state index is -0.325. The topological polar surface area (TPSA) is 38.9 Å². The minimum absolute atomic E-state index is 0.0735. The van der Waals surface area contributed by atoms with Crippen LogP contribution in [-0.4, -0.2) is 4.98 Å². The second kappa shape index (κ2) is 5.10. The summed E-state index contributed by atoms with van der Waals surface area (Å²) in [7, 11) is 0. The molecule has 0 fully saturated rings. The molecular formula is C14H16ClFN2S. The fourth-order valence-corrected chi connectivity index (χ4v) is 3.21. The number of halogens is 2. The van der Waals surface area contributed by atoms with E-state index in [9.17, 15) is 4.39 Å². The molecule has 5 heteroatoms. The largest absolute Gasteiger partial charge is 0.375 e. The van der Waals surface area contributed by atoms with Gasteiger partial charge in [0.2, 0.25) is 0 Å². The van der Waals surface area contributed by atoms with Crippen LogP contribution in [0.5, 0.6) is 0 Å². The Morgan fingerprint density at radius 2 is 2.05 bits per heavy atom. The molecule has 0 aliphatic carbocycles. The highest BCUT2D eigenvalue weighted by molar-refractivity contribution is 7.15. The zero-order valence-corrected chi connectivity index (χ0v) is 12.7. The van der Waals surface area contributed by atoms with Crippen molar-refractivity contribution < 1.29 is 4.39 Å². The van der Waals surface area contributed by atoms with Crippen molar-refractivity contribution >= 4 is 28.1 Å². The molecule has 0 unspecified atom stereocenters. The van der Waals surface area contributed by atoms with Gasteiger partial charge in [-0.15, -0.1) is 11.3 Å². The van der Waals surface area contributed by atoms with Crippen LogP contribution in [0.2, 0.25) is 5.02 Å². The van der Waals surface area contributed by atoms with Gasteiger partial charge in [-0.25, -0.2) is 9.37 Å². The lowest BCUT2D eigenvalue weighted by Gasteiger charge is -2.17. The SMILES string of the molecule is CC(C)(C)c1nc(N)sc1Cc1ccc(F)cc1Cl. The molecule has 19 heavy (non-hydrogen) atoms. The third-order valence-corrected chi connectivity index (χ3v) is 4.03. The monoisotopic (exact) mass is 298 g/mol. The Balaban J connectivity index is 2.38. The Morgan fingerprint density at radius 3 is 2.63 bits per heavy atom. The van der Waals surface area contributed by atoms with Gasteiger partial charge < -0.3 is 5.73 Å². The smallest absolute Gasteiger partial charge is 0.180 e. The summed E-state index contributed by atoms with van der Waals surface area (Å²) in [6.07, 6.45) is 0.626. The van der Waals surface area contributed by atoms with E-state index in [0.29, 0.717) is 16.6 Å². The normalized spacial score (nSPS) is 11.8. The third-order valence-electron chi connectivity index (χ3n) is 2.79. The van der Waals surface area contributed by atoms with Crippen molar-refractivity contribution in [3.63, 3.8) is 0 Å². The van der Waals surface area contributed by atoms with E-state index in [2.05, 4.69) is 25.8 Å². The van der Waals surface area contributed by atoms with Gasteiger partial charge in [0.05, 0.1) is 5.69 Å². The van der Waals surface area contributed by atoms with E-state index >= 15 is 0 Å². The second-order valence-corrected chi connectivity index (χ2v) is 7.01. The van der Waals surface area contributed by atoms with Gasteiger partial charge in [-0.2, -0.15) is 0 Å². The van der Waals surface area contributed by atoms with Crippen LogP contribution in [0.25, 0.3) is 0 Å². The average molecular weight is 299 g/mol. The van der Waals surface area contributed by atoms with E-state index in [4.69, 9.17) is 17.3 Å². The summed E-state index contributed by atoms with van der Waals surface area (Å²) in [5.41, 5.74) is 7.60. The zero-order valence-electron chi connectivity index (χ0n) is 11.1. The van der Waals surface area contributed by atoms with Crippen LogP contribution in [0, 0.1) is 5.82 Å². The molecule has 0 amide bonds. The van der Waals surface area contributed by atoms with Crippen LogP contribution in [0.15, 0.2) is 18.2 Å². The van der Waals surface area contributed by atoms with Crippen molar-refractivity contribution in [3.05, 3.63) is 45.2 Å². The zero-order chi connectivity index (χ0) is 14.2. The van der Waals surface area contributed by atoms with Crippen LogP contribution in [-0.2, 0) is 11.8 Å². The van der Waals surface area contributed by atoms with Gasteiger partial charge in [0.1, 0.15) is 5.82 Å². The highest BCUT2D eigenvalue weighted by atomic mass is 35.5. The van der Waals surface area contributed by atoms with Gasteiger partial charge in [0.15, 0.2) is 5.13 Å². The predicted molar refractivity (Wildman–Crippen MR) is 79.4 cm³/mol. The number of nitrogens with two attached hydrogens (primary N) is 1. The van der Waals surface area contributed by atoms with E-state index in [1.165, 1.54) is 23.5 Å². The number of rotatable bonds is 2. The minimum Gasteiger partial charge on any atom is -0.375 e. The van der Waals surface area contributed by atoms with Gasteiger partial charge in [-0.1, -0.05) is 38.4 Å². The lowest BCUT2D eigenvalue weighted by Crippen LogP contribution is -2.14. The molecule has 0 saturated carbocycles. The summed E-state index contributed by atoms with van der Waals surface area (Å²) >= 11 is 7.53. The maximum atomic E-state index is 13.0. The van der Waals surface area contributed by atoms with Crippen molar-refractivity contribution in [3.8, 4) is 0 Å². The van der Waals surface area contributed by atoms with E-state index in [1.807, 2.05) is 0 Å². The molecule has 0 radical (unpaired) electrons. The molecule has 2 nitrogen and oxygen atoms in total. The number of benzene rings is 1. The highest BCUT2D eigenvalue weighted by Gasteiger charge is 2.23. The number of anilines is 1. The Labute approximate surface area is 121 Å². The predicted octanol–water partition coefficient (Wildman–Crippen LogP) is 4.41. The maximum absolute atomic E-state index is 13.0. The first-order valence-corrected chi connectivity index (χ1v) is 7.16. The van der Waals surface area contributed by atoms with Crippen LogP contribution in [0.1, 0.15) is 36.9 Å². The summed E-state index contributed by atoms with van der Waals surface area (Å²) in [6, 6.07) is 4.46. The molecule has 0 aliphatic rings. The van der Waals surface area contributed by atoms with Gasteiger partial charge in [-0.3, -0.25) is 0 Å². The van der Waals surface area contributed by atoms with Crippen molar-refractivity contribution in [1.82, 2.24) is 4.98 Å². The first-order valence-electron chi connectivity index (χ1n) is 5.97. The lowest BCUT2D eigenvalue weighted by molar-refractivity contribution is 0.568. The number of aromatic nitrogens is 1. The van der Waals surface area contributed by atoms with E-state index < -0.39 is 0 Å². The van der Waals surface area contributed by atoms with Gasteiger partial charge >= 0.3 is 0 Å². The molecule has 102 valence electrons. The average Bonchev–Trinajstić information content (AvgIpc) is 2.63. The molecular weight excluding hydrogens is 283 g/mol. The number of nitrogens with zero attached hydrogens (tertiary/aromatic N) is 1. The first kappa shape index (κ1) is 14.3. The fourth-order valence-electron chi connectivity index (χ4n) is 1.91. The van der Waals surface area contributed by atoms with Gasteiger partial charge in [0, 0.05) is 21.7 Å². The van der Waals surface area contributed by atoms with E-state index in [-0.39, 0.29) is 11.2 Å². The Morgan fingerprint density at radius 1 is 1.37 bits per heavy atom. The van der Waals surface area contributed by atoms with Gasteiger partial charge in [-0.05, 0) is 17.7 Å². The van der Waals surface area contributed by atoms with Crippen LogP contribution >= 0.6 is 22.9 Å². The summed E-state index contributed by atoms with van der Waals surface area (Å²) in [4.78, 5) is 5.49. The molecule has 1 aromatic heterocycles. The fraction of sp³-hybridized carbons (Fsp3) is 0.357. The maximum Gasteiger partial charge on any atom is 0.180 e. The number of nitrogen functional groups attached to an aromatic ring is 1. The summed E-state index contributed by atoms with van der Waals surface area (Å²) in [5, 5.41) is 0.991. The van der Waals surface area contributed by atoms with Crippen molar-refractivity contribution in [2.24, 2.45) is 0 Å². The Hall–Kier alpha value is -1.13. The summed E-state index contributed by atoms with van der Waals surface area (Å²) < 4.78 is 13.0. The van der Waals surface area contributed by atoms with Crippen molar-refractivity contribution in [1.29, 1.82) is 0 Å². The molecule has 2 aromatic rings. The van der Waals surface area contributed by atoms with Crippen LogP contribution < -0.4 is 5.73 Å². The molecule has 1 heterocycles. The standard InChI is InChI=1S/C14H16ClFN2S/c1-14(2,3)12-11(19-13(17)18-12)6-8-4-5-9(16)7-10(8)15/h4-5,7H,6H2,1-3H3,(H2,17,18). The number of thiazole rings is 1. The molecule has 2 rings (SSSR count). The van der Waals surface area contributed by atoms with Crippen molar-refractivity contribution in [2.45, 2.75) is 32.6 Å². The highest BCUT2D eigenvalue weighted by Crippen LogP contribution is 2.33. The first-order chi connectivity index (χ1) is 8.77.